The maximum absolute atomic E-state index is 2.16. The summed E-state index contributed by atoms with van der Waals surface area (Å²) < 4.78 is 0. The molecule has 0 radical (unpaired) electrons. The zero-order valence-electron chi connectivity index (χ0n) is 20.6. The minimum Gasteiger partial charge on any atom is -0.0683 e. The zero-order chi connectivity index (χ0) is 22.8. The summed E-state index contributed by atoms with van der Waals surface area (Å²) >= 11 is 0. The highest BCUT2D eigenvalue weighted by molar-refractivity contribution is 5.14. The van der Waals surface area contributed by atoms with Gasteiger partial charge in [-0.15, -0.1) is 0 Å². The van der Waals surface area contributed by atoms with E-state index >= 15 is 0 Å². The molecule has 3 aromatic carbocycles. The Kier molecular flexibility index (Phi) is 30.1. The SMILES string of the molecule is CC.CC.CC.CCc1ccccc1.CCc1ccccc1.Cc1ccccc1. The molecule has 0 bridgehead atoms. The average Bonchev–Trinajstić information content (AvgIpc) is 2.85. The zero-order valence-corrected chi connectivity index (χ0v) is 20.6. The van der Waals surface area contributed by atoms with Gasteiger partial charge in [0.05, 0.1) is 0 Å². The van der Waals surface area contributed by atoms with Gasteiger partial charge in [-0.3, -0.25) is 0 Å². The first-order valence-corrected chi connectivity index (χ1v) is 11.4. The summed E-state index contributed by atoms with van der Waals surface area (Å²) in [5.74, 6) is 0. The third-order valence-electron chi connectivity index (χ3n) is 3.44. The number of benzene rings is 3. The molecule has 0 saturated heterocycles. The molecule has 162 valence electrons. The van der Waals surface area contributed by atoms with E-state index in [2.05, 4.69) is 81.4 Å². The van der Waals surface area contributed by atoms with Crippen LogP contribution in [0, 0.1) is 6.92 Å². The lowest BCUT2D eigenvalue weighted by molar-refractivity contribution is 1.14. The van der Waals surface area contributed by atoms with Crippen molar-refractivity contribution in [3.05, 3.63) is 108 Å². The molecule has 3 rings (SSSR count). The highest BCUT2D eigenvalue weighted by Crippen LogP contribution is 1.97. The number of hydrogen-bond donors (Lipinski definition) is 0. The largest absolute Gasteiger partial charge is 0.0683 e. The molecule has 0 N–H and O–H groups in total. The van der Waals surface area contributed by atoms with Crippen LogP contribution in [-0.4, -0.2) is 0 Å². The van der Waals surface area contributed by atoms with E-state index < -0.39 is 0 Å². The fraction of sp³-hybridized carbons (Fsp3) is 0.379. The maximum atomic E-state index is 2.16. The smallest absolute Gasteiger partial charge is 0.0307 e. The highest BCUT2D eigenvalue weighted by Gasteiger charge is 1.80. The van der Waals surface area contributed by atoms with Crippen molar-refractivity contribution < 1.29 is 0 Å². The normalized spacial score (nSPS) is 7.76. The standard InChI is InChI=1S/2C8H10.C7H8.3C2H6/c2*1-2-8-6-4-3-5-7-8;1-7-5-3-2-4-6-7;3*1-2/h2*3-7H,2H2,1H3;2-6H,1H3;3*1-2H3. The van der Waals surface area contributed by atoms with Crippen molar-refractivity contribution in [3.8, 4) is 0 Å². The lowest BCUT2D eigenvalue weighted by Gasteiger charge is -1.89. The van der Waals surface area contributed by atoms with Crippen LogP contribution >= 0.6 is 0 Å². The maximum Gasteiger partial charge on any atom is -0.0307 e. The van der Waals surface area contributed by atoms with Crippen molar-refractivity contribution in [2.75, 3.05) is 0 Å². The third-order valence-corrected chi connectivity index (χ3v) is 3.44. The summed E-state index contributed by atoms with van der Waals surface area (Å²) in [7, 11) is 0. The Morgan fingerprint density at radius 2 is 0.655 bits per heavy atom. The quantitative estimate of drug-likeness (QED) is 0.406. The summed E-state index contributed by atoms with van der Waals surface area (Å²) in [5, 5.41) is 0. The van der Waals surface area contributed by atoms with Gasteiger partial charge in [0, 0.05) is 0 Å². The van der Waals surface area contributed by atoms with Crippen molar-refractivity contribution >= 4 is 0 Å². The van der Waals surface area contributed by atoms with Gasteiger partial charge in [-0.25, -0.2) is 0 Å². The Balaban J connectivity index is -0.000000310. The second-order valence-corrected chi connectivity index (χ2v) is 5.33. The van der Waals surface area contributed by atoms with Crippen LogP contribution in [0.15, 0.2) is 91.0 Å². The van der Waals surface area contributed by atoms with Crippen LogP contribution in [0.2, 0.25) is 0 Å². The second kappa shape index (κ2) is 27.9. The summed E-state index contributed by atoms with van der Waals surface area (Å²) in [6.07, 6.45) is 2.28. The van der Waals surface area contributed by atoms with E-state index in [9.17, 15) is 0 Å². The molecule has 0 heteroatoms. The lowest BCUT2D eigenvalue weighted by atomic mass is 10.2. The van der Waals surface area contributed by atoms with Crippen LogP contribution in [0.3, 0.4) is 0 Å². The molecule has 0 fully saturated rings. The van der Waals surface area contributed by atoms with E-state index in [0.29, 0.717) is 0 Å². The highest BCUT2D eigenvalue weighted by atomic mass is 13.9. The number of rotatable bonds is 2. The fourth-order valence-corrected chi connectivity index (χ4v) is 1.96. The first-order valence-electron chi connectivity index (χ1n) is 11.4. The molecule has 0 atom stereocenters. The van der Waals surface area contributed by atoms with Crippen molar-refractivity contribution in [1.29, 1.82) is 0 Å². The van der Waals surface area contributed by atoms with Gasteiger partial charge < -0.3 is 0 Å². The summed E-state index contributed by atoms with van der Waals surface area (Å²) in [4.78, 5) is 0. The number of aryl methyl sites for hydroxylation is 3. The van der Waals surface area contributed by atoms with E-state index in [4.69, 9.17) is 0 Å². The number of hydrogen-bond acceptors (Lipinski definition) is 0. The molecule has 0 nitrogen and oxygen atoms in total. The first-order chi connectivity index (χ1) is 14.3. The van der Waals surface area contributed by atoms with Gasteiger partial charge in [-0.05, 0) is 30.9 Å². The molecular weight excluding hydrogens is 348 g/mol. The summed E-state index contributed by atoms with van der Waals surface area (Å²) in [5.41, 5.74) is 4.14. The van der Waals surface area contributed by atoms with E-state index in [1.807, 2.05) is 71.9 Å². The van der Waals surface area contributed by atoms with E-state index in [1.54, 1.807) is 0 Å². The van der Waals surface area contributed by atoms with Crippen LogP contribution in [-0.2, 0) is 12.8 Å². The molecule has 0 aliphatic rings. The molecule has 0 spiro atoms. The van der Waals surface area contributed by atoms with Gasteiger partial charge in [-0.1, -0.05) is 152 Å². The van der Waals surface area contributed by atoms with Gasteiger partial charge in [0.15, 0.2) is 0 Å². The van der Waals surface area contributed by atoms with Gasteiger partial charge in [0.25, 0.3) is 0 Å². The van der Waals surface area contributed by atoms with Crippen molar-refractivity contribution in [2.45, 2.75) is 75.2 Å². The van der Waals surface area contributed by atoms with Gasteiger partial charge in [0.1, 0.15) is 0 Å². The second-order valence-electron chi connectivity index (χ2n) is 5.33. The summed E-state index contributed by atoms with van der Waals surface area (Å²) in [6, 6.07) is 31.2. The van der Waals surface area contributed by atoms with Gasteiger partial charge in [0.2, 0.25) is 0 Å². The van der Waals surface area contributed by atoms with Crippen LogP contribution in [0.1, 0.15) is 72.1 Å². The molecular formula is C29H46. The van der Waals surface area contributed by atoms with Crippen LogP contribution in [0.4, 0.5) is 0 Å². The monoisotopic (exact) mass is 394 g/mol. The Hall–Kier alpha value is -2.34. The van der Waals surface area contributed by atoms with Crippen molar-refractivity contribution in [2.24, 2.45) is 0 Å². The van der Waals surface area contributed by atoms with Gasteiger partial charge in [-0.2, -0.15) is 0 Å². The van der Waals surface area contributed by atoms with Crippen molar-refractivity contribution in [3.63, 3.8) is 0 Å². The molecule has 0 amide bonds. The molecule has 0 saturated carbocycles. The Morgan fingerprint density at radius 1 is 0.414 bits per heavy atom. The Labute approximate surface area is 183 Å². The van der Waals surface area contributed by atoms with Gasteiger partial charge >= 0.3 is 0 Å². The predicted octanol–water partition coefficient (Wildman–Crippen LogP) is 9.57. The van der Waals surface area contributed by atoms with E-state index in [0.717, 1.165) is 12.8 Å². The molecule has 29 heavy (non-hydrogen) atoms. The first kappa shape index (κ1) is 31.4. The predicted molar refractivity (Wildman–Crippen MR) is 137 cm³/mol. The molecule has 0 unspecified atom stereocenters. The van der Waals surface area contributed by atoms with Crippen LogP contribution in [0.25, 0.3) is 0 Å². The van der Waals surface area contributed by atoms with E-state index in [-0.39, 0.29) is 0 Å². The Morgan fingerprint density at radius 3 is 0.793 bits per heavy atom. The lowest BCUT2D eigenvalue weighted by Crippen LogP contribution is -1.73. The van der Waals surface area contributed by atoms with Crippen molar-refractivity contribution in [1.82, 2.24) is 0 Å². The molecule has 0 heterocycles. The third kappa shape index (κ3) is 21.8. The minimum absolute atomic E-state index is 1.14. The van der Waals surface area contributed by atoms with Crippen LogP contribution < -0.4 is 0 Å². The average molecular weight is 395 g/mol. The summed E-state index contributed by atoms with van der Waals surface area (Å²) in [6.45, 7) is 18.4. The molecule has 3 aromatic rings. The molecule has 0 aromatic heterocycles. The topological polar surface area (TPSA) is 0 Å². The fourth-order valence-electron chi connectivity index (χ4n) is 1.96. The van der Waals surface area contributed by atoms with E-state index in [1.165, 1.54) is 16.7 Å². The molecule has 0 aliphatic carbocycles. The van der Waals surface area contributed by atoms with Crippen LogP contribution in [0.5, 0.6) is 0 Å². The molecule has 0 aliphatic heterocycles. The minimum atomic E-state index is 1.14. The Bertz CT molecular complexity index is 558.